The van der Waals surface area contributed by atoms with Crippen molar-refractivity contribution in [2.75, 3.05) is 0 Å². The van der Waals surface area contributed by atoms with Crippen molar-refractivity contribution in [1.82, 2.24) is 4.90 Å². The van der Waals surface area contributed by atoms with Crippen molar-refractivity contribution < 1.29 is 28.7 Å². The van der Waals surface area contributed by atoms with Crippen LogP contribution >= 0.6 is 23.2 Å². The zero-order valence-electron chi connectivity index (χ0n) is 13.8. The topological polar surface area (TPSA) is 90.0 Å². The minimum Gasteiger partial charge on any atom is -0.456 e. The first-order valence-corrected chi connectivity index (χ1v) is 8.38. The third-order valence-corrected chi connectivity index (χ3v) is 4.48. The zero-order valence-corrected chi connectivity index (χ0v) is 15.3. The molecule has 1 unspecified atom stereocenters. The Bertz CT molecular complexity index is 857. The molecule has 0 saturated carbocycles. The van der Waals surface area contributed by atoms with Gasteiger partial charge in [0.1, 0.15) is 0 Å². The molecule has 1 aromatic rings. The van der Waals surface area contributed by atoms with Gasteiger partial charge < -0.3 is 9.47 Å². The molecule has 0 aliphatic carbocycles. The summed E-state index contributed by atoms with van der Waals surface area (Å²) in [5.74, 6) is -3.50. The molecule has 0 bridgehead atoms. The summed E-state index contributed by atoms with van der Waals surface area (Å²) in [6.45, 7) is 2.51. The Morgan fingerprint density at radius 2 is 1.65 bits per heavy atom. The van der Waals surface area contributed by atoms with Crippen molar-refractivity contribution in [3.63, 3.8) is 0 Å². The van der Waals surface area contributed by atoms with Crippen LogP contribution in [0.25, 0.3) is 0 Å². The maximum Gasteiger partial charge on any atom is 0.308 e. The molecule has 7 nitrogen and oxygen atoms in total. The van der Waals surface area contributed by atoms with Crippen LogP contribution in [0, 0.1) is 0 Å². The highest BCUT2D eigenvalue weighted by Gasteiger charge is 2.53. The molecule has 9 heteroatoms. The van der Waals surface area contributed by atoms with Crippen LogP contribution in [0.4, 0.5) is 0 Å². The standard InChI is InChI=1S/C17H13Cl2NO6/c1-8(21)25-14-15(24)17(2,9-5-10(18)7-11(19)6-9)26-16(14)20-12(22)3-4-13(20)23/h5-7H,3-4H2,1-2H3. The molecule has 1 atom stereocenters. The van der Waals surface area contributed by atoms with Crippen molar-refractivity contribution in [3.05, 3.63) is 45.5 Å². The van der Waals surface area contributed by atoms with Gasteiger partial charge in [0, 0.05) is 35.4 Å². The smallest absolute Gasteiger partial charge is 0.308 e. The van der Waals surface area contributed by atoms with Gasteiger partial charge in [-0.05, 0) is 25.1 Å². The second-order valence-electron chi connectivity index (χ2n) is 5.97. The van der Waals surface area contributed by atoms with Gasteiger partial charge >= 0.3 is 5.97 Å². The molecule has 0 N–H and O–H groups in total. The quantitative estimate of drug-likeness (QED) is 0.575. The van der Waals surface area contributed by atoms with E-state index < -0.39 is 40.8 Å². The van der Waals surface area contributed by atoms with Gasteiger partial charge in [0.25, 0.3) is 11.7 Å². The van der Waals surface area contributed by atoms with Crippen molar-refractivity contribution in [3.8, 4) is 0 Å². The molecule has 1 aromatic carbocycles. The minimum atomic E-state index is -1.67. The number of imide groups is 1. The lowest BCUT2D eigenvalue weighted by Gasteiger charge is -2.25. The van der Waals surface area contributed by atoms with E-state index in [-0.39, 0.29) is 22.9 Å². The molecule has 2 aliphatic rings. The van der Waals surface area contributed by atoms with Crippen LogP contribution in [-0.4, -0.2) is 28.5 Å². The monoisotopic (exact) mass is 397 g/mol. The largest absolute Gasteiger partial charge is 0.456 e. The van der Waals surface area contributed by atoms with E-state index in [4.69, 9.17) is 32.7 Å². The highest BCUT2D eigenvalue weighted by atomic mass is 35.5. The van der Waals surface area contributed by atoms with Crippen molar-refractivity contribution >= 4 is 46.8 Å². The molecule has 1 saturated heterocycles. The first kappa shape index (κ1) is 18.4. The average molecular weight is 398 g/mol. The number of esters is 1. The Balaban J connectivity index is 2.11. The highest BCUT2D eigenvalue weighted by molar-refractivity contribution is 6.34. The van der Waals surface area contributed by atoms with Crippen LogP contribution in [0.2, 0.25) is 10.0 Å². The molecular formula is C17H13Cl2NO6. The molecule has 0 radical (unpaired) electrons. The summed E-state index contributed by atoms with van der Waals surface area (Å²) < 4.78 is 10.7. The molecule has 2 aliphatic heterocycles. The third-order valence-electron chi connectivity index (χ3n) is 4.05. The Morgan fingerprint density at radius 3 is 2.15 bits per heavy atom. The summed E-state index contributed by atoms with van der Waals surface area (Å²) in [7, 11) is 0. The fourth-order valence-corrected chi connectivity index (χ4v) is 3.33. The second-order valence-corrected chi connectivity index (χ2v) is 6.85. The number of rotatable bonds is 3. The average Bonchev–Trinajstić information content (AvgIpc) is 2.98. The van der Waals surface area contributed by atoms with E-state index in [1.54, 1.807) is 0 Å². The molecule has 3 rings (SSSR count). The fourth-order valence-electron chi connectivity index (χ4n) is 2.80. The minimum absolute atomic E-state index is 0.0209. The summed E-state index contributed by atoms with van der Waals surface area (Å²) in [6.07, 6.45) is -0.0418. The Kier molecular flexibility index (Phi) is 4.54. The maximum atomic E-state index is 13.0. The van der Waals surface area contributed by atoms with E-state index in [0.29, 0.717) is 5.56 Å². The summed E-state index contributed by atoms with van der Waals surface area (Å²) in [6, 6.07) is 4.41. The normalized spacial score (nSPS) is 22.9. The van der Waals surface area contributed by atoms with Gasteiger partial charge in [-0.25, -0.2) is 4.90 Å². The third kappa shape index (κ3) is 2.97. The number of carbonyl (C=O) groups excluding carboxylic acids is 4. The molecule has 2 amide bonds. The number of nitrogens with zero attached hydrogens (tertiary/aromatic N) is 1. The van der Waals surface area contributed by atoms with Gasteiger partial charge in [-0.3, -0.25) is 19.2 Å². The van der Waals surface area contributed by atoms with E-state index >= 15 is 0 Å². The number of likely N-dealkylation sites (tertiary alicyclic amines) is 1. The summed E-state index contributed by atoms with van der Waals surface area (Å²) in [5.41, 5.74) is -1.38. The number of amides is 2. The van der Waals surface area contributed by atoms with Crippen molar-refractivity contribution in [1.29, 1.82) is 0 Å². The second kappa shape index (κ2) is 6.41. The molecule has 0 aromatic heterocycles. The molecule has 2 heterocycles. The summed E-state index contributed by atoms with van der Waals surface area (Å²) >= 11 is 12.0. The number of hydrogen-bond donors (Lipinski definition) is 0. The first-order valence-electron chi connectivity index (χ1n) is 7.62. The van der Waals surface area contributed by atoms with Gasteiger partial charge in [-0.2, -0.15) is 0 Å². The number of benzene rings is 1. The SMILES string of the molecule is CC(=O)OC1=C(N2C(=O)CCC2=O)OC(C)(c2cc(Cl)cc(Cl)c2)C1=O. The predicted octanol–water partition coefficient (Wildman–Crippen LogP) is 2.69. The van der Waals surface area contributed by atoms with Crippen molar-refractivity contribution in [2.24, 2.45) is 0 Å². The van der Waals surface area contributed by atoms with E-state index in [1.165, 1.54) is 25.1 Å². The van der Waals surface area contributed by atoms with Crippen LogP contribution in [0.5, 0.6) is 0 Å². The zero-order chi connectivity index (χ0) is 19.2. The van der Waals surface area contributed by atoms with Crippen LogP contribution in [0.3, 0.4) is 0 Å². The van der Waals surface area contributed by atoms with Crippen LogP contribution in [0.1, 0.15) is 32.3 Å². The fraction of sp³-hybridized carbons (Fsp3) is 0.294. The molecule has 136 valence electrons. The van der Waals surface area contributed by atoms with Gasteiger partial charge in [-0.15, -0.1) is 0 Å². The molecule has 26 heavy (non-hydrogen) atoms. The van der Waals surface area contributed by atoms with Gasteiger partial charge in [-0.1, -0.05) is 23.2 Å². The van der Waals surface area contributed by atoms with E-state index in [0.717, 1.165) is 11.8 Å². The van der Waals surface area contributed by atoms with Crippen LogP contribution in [0.15, 0.2) is 29.8 Å². The number of ketones is 1. The Morgan fingerprint density at radius 1 is 1.12 bits per heavy atom. The van der Waals surface area contributed by atoms with E-state index in [1.807, 2.05) is 0 Å². The molecule has 1 fully saturated rings. The van der Waals surface area contributed by atoms with E-state index in [2.05, 4.69) is 0 Å². The first-order chi connectivity index (χ1) is 12.1. The highest BCUT2D eigenvalue weighted by Crippen LogP contribution is 2.43. The lowest BCUT2D eigenvalue weighted by molar-refractivity contribution is -0.144. The van der Waals surface area contributed by atoms with Gasteiger partial charge in [0.05, 0.1) is 0 Å². The maximum absolute atomic E-state index is 13.0. The molecule has 0 spiro atoms. The van der Waals surface area contributed by atoms with Crippen LogP contribution < -0.4 is 0 Å². The summed E-state index contributed by atoms with van der Waals surface area (Å²) in [5, 5.41) is 0.530. The number of carbonyl (C=O) groups is 4. The number of Topliss-reactive ketones (excluding diaryl/α,β-unsaturated/α-hetero) is 1. The predicted molar refractivity (Wildman–Crippen MR) is 89.8 cm³/mol. The van der Waals surface area contributed by atoms with Crippen molar-refractivity contribution in [2.45, 2.75) is 32.3 Å². The Labute approximate surface area is 158 Å². The van der Waals surface area contributed by atoms with Crippen LogP contribution in [-0.2, 0) is 34.3 Å². The number of hydrogen-bond acceptors (Lipinski definition) is 6. The van der Waals surface area contributed by atoms with Gasteiger partial charge in [0.15, 0.2) is 5.60 Å². The Hall–Kier alpha value is -2.38. The number of ether oxygens (including phenoxy) is 2. The summed E-state index contributed by atoms with van der Waals surface area (Å²) in [4.78, 5) is 49.3. The lowest BCUT2D eigenvalue weighted by Crippen LogP contribution is -2.33. The van der Waals surface area contributed by atoms with Gasteiger partial charge in [0.2, 0.25) is 17.6 Å². The van der Waals surface area contributed by atoms with E-state index in [9.17, 15) is 19.2 Å². The number of halogens is 2. The lowest BCUT2D eigenvalue weighted by atomic mass is 9.91. The molecular weight excluding hydrogens is 385 g/mol.